The van der Waals surface area contributed by atoms with Crippen molar-refractivity contribution in [3.63, 3.8) is 0 Å². The van der Waals surface area contributed by atoms with Crippen molar-refractivity contribution >= 4 is 11.8 Å². The van der Waals surface area contributed by atoms with Crippen molar-refractivity contribution in [2.75, 3.05) is 25.2 Å². The number of nitrogens with zero attached hydrogens (tertiary/aromatic N) is 1. The third kappa shape index (κ3) is 1.83. The van der Waals surface area contributed by atoms with Gasteiger partial charge in [0.25, 0.3) is 0 Å². The summed E-state index contributed by atoms with van der Waals surface area (Å²) in [5.41, 5.74) is 0. The molecule has 0 radical (unpaired) electrons. The van der Waals surface area contributed by atoms with Gasteiger partial charge in [-0.3, -0.25) is 4.90 Å². The van der Waals surface area contributed by atoms with Crippen molar-refractivity contribution in [1.82, 2.24) is 4.90 Å². The molecule has 0 unspecified atom stereocenters. The Morgan fingerprint density at radius 2 is 1.90 bits per heavy atom. The number of alkyl halides is 2. The summed E-state index contributed by atoms with van der Waals surface area (Å²) in [5, 5.41) is 0. The van der Waals surface area contributed by atoms with Crippen molar-refractivity contribution in [2.24, 2.45) is 0 Å². The Hall–Kier alpha value is 0.170. The minimum Gasteiger partial charge on any atom is -0.288 e. The average molecular weight is 167 g/mol. The SMILES string of the molecule is CSCN1C[C@@H](F)[C@@H](F)C1. The van der Waals surface area contributed by atoms with Crippen LogP contribution < -0.4 is 0 Å². The van der Waals surface area contributed by atoms with E-state index in [0.717, 1.165) is 5.88 Å². The minimum atomic E-state index is -1.26. The molecule has 10 heavy (non-hydrogen) atoms. The number of thioether (sulfide) groups is 1. The van der Waals surface area contributed by atoms with Gasteiger partial charge >= 0.3 is 0 Å². The molecule has 1 fully saturated rings. The lowest BCUT2D eigenvalue weighted by Gasteiger charge is -2.10. The fraction of sp³-hybridized carbons (Fsp3) is 1.00. The summed E-state index contributed by atoms with van der Waals surface area (Å²) >= 11 is 1.60. The van der Waals surface area contributed by atoms with Gasteiger partial charge in [-0.25, -0.2) is 8.78 Å². The summed E-state index contributed by atoms with van der Waals surface area (Å²) in [7, 11) is 0. The molecule has 1 rings (SSSR count). The Morgan fingerprint density at radius 3 is 2.30 bits per heavy atom. The van der Waals surface area contributed by atoms with Gasteiger partial charge in [-0.1, -0.05) is 0 Å². The van der Waals surface area contributed by atoms with Crippen LogP contribution in [0.2, 0.25) is 0 Å². The van der Waals surface area contributed by atoms with Crippen LogP contribution in [0, 0.1) is 0 Å². The maximum absolute atomic E-state index is 12.5. The van der Waals surface area contributed by atoms with E-state index < -0.39 is 12.3 Å². The summed E-state index contributed by atoms with van der Waals surface area (Å²) in [5.74, 6) is 0.737. The number of rotatable bonds is 2. The zero-order valence-electron chi connectivity index (χ0n) is 5.89. The summed E-state index contributed by atoms with van der Waals surface area (Å²) in [6, 6.07) is 0. The van der Waals surface area contributed by atoms with E-state index in [4.69, 9.17) is 0 Å². The molecule has 0 spiro atoms. The van der Waals surface area contributed by atoms with Gasteiger partial charge in [-0.05, 0) is 6.26 Å². The molecule has 1 aliphatic rings. The fourth-order valence-electron chi connectivity index (χ4n) is 1.08. The van der Waals surface area contributed by atoms with E-state index in [2.05, 4.69) is 0 Å². The monoisotopic (exact) mass is 167 g/mol. The van der Waals surface area contributed by atoms with Crippen molar-refractivity contribution in [2.45, 2.75) is 12.3 Å². The molecule has 0 N–H and O–H groups in total. The zero-order valence-corrected chi connectivity index (χ0v) is 6.70. The van der Waals surface area contributed by atoms with Crippen molar-refractivity contribution < 1.29 is 8.78 Å². The standard InChI is InChI=1S/C6H11F2NS/c1-10-4-9-2-5(7)6(8)3-9/h5-6H,2-4H2,1H3/t5-,6+. The topological polar surface area (TPSA) is 3.24 Å². The summed E-state index contributed by atoms with van der Waals surface area (Å²) in [6.07, 6.45) is -0.585. The maximum atomic E-state index is 12.5. The smallest absolute Gasteiger partial charge is 0.145 e. The lowest BCUT2D eigenvalue weighted by molar-refractivity contribution is 0.217. The quantitative estimate of drug-likeness (QED) is 0.610. The molecule has 0 aromatic heterocycles. The van der Waals surface area contributed by atoms with Crippen molar-refractivity contribution in [3.05, 3.63) is 0 Å². The molecular weight excluding hydrogens is 156 g/mol. The average Bonchev–Trinajstić information content (AvgIpc) is 2.14. The highest BCUT2D eigenvalue weighted by Gasteiger charge is 2.31. The van der Waals surface area contributed by atoms with Gasteiger partial charge in [0.2, 0.25) is 0 Å². The number of hydrogen-bond acceptors (Lipinski definition) is 2. The first-order valence-electron chi connectivity index (χ1n) is 3.23. The Labute approximate surface area is 63.8 Å². The predicted octanol–water partition coefficient (Wildman–Crippen LogP) is 1.30. The van der Waals surface area contributed by atoms with Gasteiger partial charge in [0.15, 0.2) is 0 Å². The van der Waals surface area contributed by atoms with Crippen LogP contribution >= 0.6 is 11.8 Å². The molecule has 1 aliphatic heterocycles. The van der Waals surface area contributed by atoms with Crippen molar-refractivity contribution in [1.29, 1.82) is 0 Å². The van der Waals surface area contributed by atoms with Crippen molar-refractivity contribution in [3.8, 4) is 0 Å². The van der Waals surface area contributed by atoms with Crippen LogP contribution in [-0.2, 0) is 0 Å². The van der Waals surface area contributed by atoms with Gasteiger partial charge in [0, 0.05) is 19.0 Å². The van der Waals surface area contributed by atoms with Gasteiger partial charge < -0.3 is 0 Å². The lowest BCUT2D eigenvalue weighted by Crippen LogP contribution is -2.20. The van der Waals surface area contributed by atoms with Gasteiger partial charge in [-0.2, -0.15) is 0 Å². The Bertz CT molecular complexity index is 102. The predicted molar refractivity (Wildman–Crippen MR) is 39.7 cm³/mol. The van der Waals surface area contributed by atoms with Gasteiger partial charge in [0.1, 0.15) is 12.3 Å². The molecule has 2 atom stereocenters. The lowest BCUT2D eigenvalue weighted by atomic mass is 10.3. The van der Waals surface area contributed by atoms with Crippen LogP contribution in [0.25, 0.3) is 0 Å². The molecule has 1 heterocycles. The Balaban J connectivity index is 2.27. The third-order valence-electron chi connectivity index (χ3n) is 1.57. The molecule has 0 amide bonds. The number of hydrogen-bond donors (Lipinski definition) is 0. The second-order valence-electron chi connectivity index (χ2n) is 2.49. The van der Waals surface area contributed by atoms with Crippen LogP contribution in [-0.4, -0.2) is 42.5 Å². The van der Waals surface area contributed by atoms with Gasteiger partial charge in [0.05, 0.1) is 0 Å². The van der Waals surface area contributed by atoms with E-state index in [9.17, 15) is 8.78 Å². The van der Waals surface area contributed by atoms with E-state index in [1.807, 2.05) is 6.26 Å². The zero-order chi connectivity index (χ0) is 7.56. The molecule has 1 nitrogen and oxygen atoms in total. The molecule has 60 valence electrons. The molecule has 1 saturated heterocycles. The van der Waals surface area contributed by atoms with Crippen LogP contribution in [0.4, 0.5) is 8.78 Å². The summed E-state index contributed by atoms with van der Waals surface area (Å²) in [6.45, 7) is 0.532. The molecule has 0 aliphatic carbocycles. The second-order valence-corrected chi connectivity index (χ2v) is 3.32. The summed E-state index contributed by atoms with van der Waals surface area (Å²) in [4.78, 5) is 1.79. The normalized spacial score (nSPS) is 35.1. The number of halogens is 2. The molecule has 0 bridgehead atoms. The van der Waals surface area contributed by atoms with Crippen LogP contribution in [0.15, 0.2) is 0 Å². The third-order valence-corrected chi connectivity index (χ3v) is 2.19. The molecule has 0 aromatic rings. The molecule has 0 saturated carbocycles. The van der Waals surface area contributed by atoms with Gasteiger partial charge in [-0.15, -0.1) is 11.8 Å². The van der Waals surface area contributed by atoms with Crippen LogP contribution in [0.1, 0.15) is 0 Å². The van der Waals surface area contributed by atoms with E-state index in [0.29, 0.717) is 0 Å². The van der Waals surface area contributed by atoms with E-state index in [-0.39, 0.29) is 13.1 Å². The van der Waals surface area contributed by atoms with Crippen LogP contribution in [0.3, 0.4) is 0 Å². The highest BCUT2D eigenvalue weighted by Crippen LogP contribution is 2.17. The molecular formula is C6H11F2NS. The summed E-state index contributed by atoms with van der Waals surface area (Å²) < 4.78 is 24.9. The first kappa shape index (κ1) is 8.27. The number of likely N-dealkylation sites (tertiary alicyclic amines) is 1. The largest absolute Gasteiger partial charge is 0.288 e. The first-order chi connectivity index (χ1) is 4.74. The maximum Gasteiger partial charge on any atom is 0.145 e. The molecule has 0 aromatic carbocycles. The van der Waals surface area contributed by atoms with E-state index in [1.54, 1.807) is 16.7 Å². The fourth-order valence-corrected chi connectivity index (χ4v) is 1.66. The minimum absolute atomic E-state index is 0.266. The highest BCUT2D eigenvalue weighted by molar-refractivity contribution is 7.98. The molecule has 4 heteroatoms. The van der Waals surface area contributed by atoms with E-state index in [1.165, 1.54) is 0 Å². The van der Waals surface area contributed by atoms with E-state index >= 15 is 0 Å². The highest BCUT2D eigenvalue weighted by atomic mass is 32.2. The Morgan fingerprint density at radius 1 is 1.40 bits per heavy atom. The first-order valence-corrected chi connectivity index (χ1v) is 4.63. The Kier molecular flexibility index (Phi) is 2.92. The van der Waals surface area contributed by atoms with Crippen LogP contribution in [0.5, 0.6) is 0 Å². The second kappa shape index (κ2) is 3.53.